The van der Waals surface area contributed by atoms with Crippen molar-refractivity contribution in [3.8, 4) is 5.75 Å². The van der Waals surface area contributed by atoms with Gasteiger partial charge in [0.05, 0.1) is 23.7 Å². The van der Waals surface area contributed by atoms with Gasteiger partial charge in [-0.25, -0.2) is 0 Å². The van der Waals surface area contributed by atoms with E-state index in [-0.39, 0.29) is 0 Å². The van der Waals surface area contributed by atoms with Gasteiger partial charge in [0.25, 0.3) is 0 Å². The zero-order valence-corrected chi connectivity index (χ0v) is 12.6. The number of ether oxygens (including phenoxy) is 1. The van der Waals surface area contributed by atoms with Crippen molar-refractivity contribution in [3.05, 3.63) is 59.2 Å². The van der Waals surface area contributed by atoms with Crippen LogP contribution in [0.2, 0.25) is 0 Å². The molecule has 2 aromatic rings. The number of aryl methyl sites for hydroxylation is 1. The second-order valence-electron chi connectivity index (χ2n) is 4.61. The topological polar surface area (TPSA) is 52.3 Å². The van der Waals surface area contributed by atoms with Crippen LogP contribution < -0.4 is 10.5 Å². The van der Waals surface area contributed by atoms with Crippen molar-refractivity contribution in [2.24, 2.45) is 5.73 Å². The van der Waals surface area contributed by atoms with E-state index >= 15 is 0 Å². The van der Waals surface area contributed by atoms with E-state index in [1.807, 2.05) is 49.4 Å². The van der Waals surface area contributed by atoms with E-state index in [0.29, 0.717) is 12.3 Å². The SMILES string of the molecule is COc1ccc(CN)cc1CS(=O)c1ccccc1C. The first-order valence-corrected chi connectivity index (χ1v) is 7.77. The van der Waals surface area contributed by atoms with Crippen LogP contribution in [0.5, 0.6) is 5.75 Å². The molecule has 0 amide bonds. The summed E-state index contributed by atoms with van der Waals surface area (Å²) in [5, 5.41) is 0. The molecule has 106 valence electrons. The lowest BCUT2D eigenvalue weighted by molar-refractivity contribution is 0.411. The lowest BCUT2D eigenvalue weighted by Gasteiger charge is -2.11. The first-order chi connectivity index (χ1) is 9.65. The molecule has 20 heavy (non-hydrogen) atoms. The number of hydrogen-bond acceptors (Lipinski definition) is 3. The van der Waals surface area contributed by atoms with E-state index in [0.717, 1.165) is 27.3 Å². The average molecular weight is 289 g/mol. The van der Waals surface area contributed by atoms with Crippen LogP contribution in [0.1, 0.15) is 16.7 Å². The molecule has 0 aliphatic rings. The molecule has 0 bridgehead atoms. The normalized spacial score (nSPS) is 12.2. The Hall–Kier alpha value is -1.65. The van der Waals surface area contributed by atoms with Crippen LogP contribution in [-0.2, 0) is 23.1 Å². The van der Waals surface area contributed by atoms with Crippen LogP contribution >= 0.6 is 0 Å². The first-order valence-electron chi connectivity index (χ1n) is 6.45. The van der Waals surface area contributed by atoms with Crippen molar-refractivity contribution in [1.82, 2.24) is 0 Å². The Balaban J connectivity index is 2.29. The number of methoxy groups -OCH3 is 1. The summed E-state index contributed by atoms with van der Waals surface area (Å²) in [6, 6.07) is 13.5. The molecule has 0 spiro atoms. The minimum Gasteiger partial charge on any atom is -0.496 e. The van der Waals surface area contributed by atoms with Crippen molar-refractivity contribution < 1.29 is 8.95 Å². The van der Waals surface area contributed by atoms with Gasteiger partial charge in [-0.05, 0) is 36.2 Å². The molecular weight excluding hydrogens is 270 g/mol. The van der Waals surface area contributed by atoms with E-state index < -0.39 is 10.8 Å². The van der Waals surface area contributed by atoms with Crippen molar-refractivity contribution >= 4 is 10.8 Å². The van der Waals surface area contributed by atoms with Gasteiger partial charge in [-0.2, -0.15) is 0 Å². The molecule has 0 aliphatic heterocycles. The summed E-state index contributed by atoms with van der Waals surface area (Å²) < 4.78 is 17.9. The molecular formula is C16H19NO2S. The maximum Gasteiger partial charge on any atom is 0.123 e. The summed E-state index contributed by atoms with van der Waals surface area (Å²) in [5.41, 5.74) is 8.65. The third kappa shape index (κ3) is 3.26. The van der Waals surface area contributed by atoms with Gasteiger partial charge < -0.3 is 10.5 Å². The fourth-order valence-electron chi connectivity index (χ4n) is 2.10. The molecule has 1 atom stereocenters. The van der Waals surface area contributed by atoms with E-state index in [2.05, 4.69) is 0 Å². The highest BCUT2D eigenvalue weighted by Gasteiger charge is 2.11. The maximum absolute atomic E-state index is 12.5. The molecule has 1 unspecified atom stereocenters. The number of hydrogen-bond donors (Lipinski definition) is 1. The second-order valence-corrected chi connectivity index (χ2v) is 6.03. The first kappa shape index (κ1) is 14.8. The third-order valence-corrected chi connectivity index (χ3v) is 4.73. The van der Waals surface area contributed by atoms with Gasteiger partial charge in [-0.1, -0.05) is 24.3 Å². The van der Waals surface area contributed by atoms with Crippen LogP contribution in [0.4, 0.5) is 0 Å². The summed E-state index contributed by atoms with van der Waals surface area (Å²) in [4.78, 5) is 0.868. The molecule has 0 heterocycles. The fourth-order valence-corrected chi connectivity index (χ4v) is 3.42. The molecule has 0 aliphatic carbocycles. The Labute approximate surface area is 122 Å². The summed E-state index contributed by atoms with van der Waals surface area (Å²) in [5.74, 6) is 1.19. The molecule has 0 radical (unpaired) electrons. The average Bonchev–Trinajstić information content (AvgIpc) is 2.47. The summed E-state index contributed by atoms with van der Waals surface area (Å²) in [7, 11) is 0.534. The van der Waals surface area contributed by atoms with Crippen LogP contribution in [0.3, 0.4) is 0 Å². The Bertz CT molecular complexity index is 626. The summed E-state index contributed by atoms with van der Waals surface area (Å²) in [6.45, 7) is 2.44. The van der Waals surface area contributed by atoms with E-state index in [1.54, 1.807) is 7.11 Å². The second kappa shape index (κ2) is 6.68. The Morgan fingerprint density at radius 3 is 2.60 bits per heavy atom. The van der Waals surface area contributed by atoms with Crippen LogP contribution in [-0.4, -0.2) is 11.3 Å². The van der Waals surface area contributed by atoms with Gasteiger partial charge in [0, 0.05) is 17.0 Å². The van der Waals surface area contributed by atoms with Gasteiger partial charge in [0.15, 0.2) is 0 Å². The Morgan fingerprint density at radius 2 is 1.95 bits per heavy atom. The maximum atomic E-state index is 12.5. The minimum atomic E-state index is -1.09. The standard InChI is InChI=1S/C16H19NO2S/c1-12-5-3-4-6-16(12)20(18)11-14-9-13(10-17)7-8-15(14)19-2/h3-9H,10-11,17H2,1-2H3. The number of nitrogens with two attached hydrogens (primary N) is 1. The van der Waals surface area contributed by atoms with Gasteiger partial charge in [0.1, 0.15) is 5.75 Å². The predicted octanol–water partition coefficient (Wildman–Crippen LogP) is 2.77. The van der Waals surface area contributed by atoms with Gasteiger partial charge in [-0.15, -0.1) is 0 Å². The molecule has 4 heteroatoms. The highest BCUT2D eigenvalue weighted by atomic mass is 32.2. The summed E-state index contributed by atoms with van der Waals surface area (Å²) >= 11 is 0. The van der Waals surface area contributed by atoms with E-state index in [9.17, 15) is 4.21 Å². The largest absolute Gasteiger partial charge is 0.496 e. The van der Waals surface area contributed by atoms with Gasteiger partial charge >= 0.3 is 0 Å². The molecule has 2 aromatic carbocycles. The van der Waals surface area contributed by atoms with Crippen molar-refractivity contribution in [1.29, 1.82) is 0 Å². The van der Waals surface area contributed by atoms with Crippen LogP contribution in [0.15, 0.2) is 47.4 Å². The molecule has 2 N–H and O–H groups in total. The smallest absolute Gasteiger partial charge is 0.123 e. The number of benzene rings is 2. The Kier molecular flexibility index (Phi) is 4.93. The third-order valence-electron chi connectivity index (χ3n) is 3.21. The van der Waals surface area contributed by atoms with E-state index in [1.165, 1.54) is 0 Å². The molecule has 0 aromatic heterocycles. The highest BCUT2D eigenvalue weighted by molar-refractivity contribution is 7.84. The molecule has 0 saturated carbocycles. The van der Waals surface area contributed by atoms with E-state index in [4.69, 9.17) is 10.5 Å². The summed E-state index contributed by atoms with van der Waals surface area (Å²) in [6.07, 6.45) is 0. The zero-order valence-electron chi connectivity index (χ0n) is 11.8. The lowest BCUT2D eigenvalue weighted by atomic mass is 10.1. The Morgan fingerprint density at radius 1 is 1.20 bits per heavy atom. The fraction of sp³-hybridized carbons (Fsp3) is 0.250. The number of rotatable bonds is 5. The van der Waals surface area contributed by atoms with Crippen LogP contribution in [0, 0.1) is 6.92 Å². The zero-order chi connectivity index (χ0) is 14.5. The minimum absolute atomic E-state index is 0.432. The molecule has 0 fully saturated rings. The monoisotopic (exact) mass is 289 g/mol. The lowest BCUT2D eigenvalue weighted by Crippen LogP contribution is -2.03. The van der Waals surface area contributed by atoms with Crippen molar-refractivity contribution in [2.75, 3.05) is 7.11 Å². The van der Waals surface area contributed by atoms with Gasteiger partial charge in [-0.3, -0.25) is 4.21 Å². The van der Waals surface area contributed by atoms with Crippen LogP contribution in [0.25, 0.3) is 0 Å². The highest BCUT2D eigenvalue weighted by Crippen LogP contribution is 2.24. The molecule has 0 saturated heterocycles. The predicted molar refractivity (Wildman–Crippen MR) is 82.2 cm³/mol. The molecule has 3 nitrogen and oxygen atoms in total. The van der Waals surface area contributed by atoms with Gasteiger partial charge in [0.2, 0.25) is 0 Å². The van der Waals surface area contributed by atoms with Crippen molar-refractivity contribution in [3.63, 3.8) is 0 Å². The molecule has 2 rings (SSSR count). The quantitative estimate of drug-likeness (QED) is 0.921. The van der Waals surface area contributed by atoms with Crippen molar-refractivity contribution in [2.45, 2.75) is 24.1 Å².